The van der Waals surface area contributed by atoms with Crippen LogP contribution in [0.1, 0.15) is 11.4 Å². The van der Waals surface area contributed by atoms with Crippen molar-refractivity contribution in [2.75, 3.05) is 0 Å². The molecular formula is C18H14N2O3. The van der Waals surface area contributed by atoms with Gasteiger partial charge >= 0.3 is 5.97 Å². The van der Waals surface area contributed by atoms with Gasteiger partial charge in [0.25, 0.3) is 5.56 Å². The van der Waals surface area contributed by atoms with Gasteiger partial charge < -0.3 is 9.72 Å². The monoisotopic (exact) mass is 306 g/mol. The lowest BCUT2D eigenvalue weighted by molar-refractivity contribution is -0.139. The van der Waals surface area contributed by atoms with Gasteiger partial charge in [-0.1, -0.05) is 42.5 Å². The van der Waals surface area contributed by atoms with Crippen molar-refractivity contribution in [2.24, 2.45) is 0 Å². The molecule has 0 saturated heterocycles. The highest BCUT2D eigenvalue weighted by Crippen LogP contribution is 2.06. The molecule has 3 rings (SSSR count). The fraction of sp³-hybridized carbons (Fsp3) is 0.0556. The van der Waals surface area contributed by atoms with E-state index in [1.165, 1.54) is 6.08 Å². The van der Waals surface area contributed by atoms with E-state index >= 15 is 0 Å². The van der Waals surface area contributed by atoms with Crippen LogP contribution in [0.25, 0.3) is 17.0 Å². The van der Waals surface area contributed by atoms with Crippen molar-refractivity contribution >= 4 is 22.9 Å². The van der Waals surface area contributed by atoms with Crippen LogP contribution in [0.15, 0.2) is 65.5 Å². The van der Waals surface area contributed by atoms with Crippen molar-refractivity contribution in [3.63, 3.8) is 0 Å². The third-order valence-corrected chi connectivity index (χ3v) is 3.22. The van der Waals surface area contributed by atoms with Crippen molar-refractivity contribution in [3.05, 3.63) is 82.4 Å². The average Bonchev–Trinajstić information content (AvgIpc) is 2.59. The Balaban J connectivity index is 1.67. The Kier molecular flexibility index (Phi) is 4.29. The fourth-order valence-electron chi connectivity index (χ4n) is 2.12. The summed E-state index contributed by atoms with van der Waals surface area (Å²) in [5.41, 5.74) is 1.23. The van der Waals surface area contributed by atoms with Gasteiger partial charge in [0.15, 0.2) is 0 Å². The third kappa shape index (κ3) is 3.71. The minimum atomic E-state index is -0.496. The molecule has 2 aromatic carbocycles. The number of H-pyrrole nitrogens is 1. The van der Waals surface area contributed by atoms with Gasteiger partial charge in [0.1, 0.15) is 12.4 Å². The Morgan fingerprint density at radius 2 is 1.83 bits per heavy atom. The lowest BCUT2D eigenvalue weighted by Gasteiger charge is -2.03. The normalized spacial score (nSPS) is 11.0. The van der Waals surface area contributed by atoms with Crippen LogP contribution in [-0.4, -0.2) is 15.9 Å². The molecule has 5 heteroatoms. The van der Waals surface area contributed by atoms with E-state index in [0.717, 1.165) is 5.56 Å². The predicted molar refractivity (Wildman–Crippen MR) is 87.6 cm³/mol. The van der Waals surface area contributed by atoms with Crippen LogP contribution in [0.4, 0.5) is 0 Å². The molecule has 0 bridgehead atoms. The number of carbonyl (C=O) groups excluding carboxylic acids is 1. The molecule has 5 nitrogen and oxygen atoms in total. The molecule has 0 saturated carbocycles. The van der Waals surface area contributed by atoms with E-state index in [1.54, 1.807) is 30.3 Å². The fourth-order valence-corrected chi connectivity index (χ4v) is 2.12. The molecule has 0 aliphatic carbocycles. The summed E-state index contributed by atoms with van der Waals surface area (Å²) in [6.45, 7) is -0.0853. The lowest BCUT2D eigenvalue weighted by atomic mass is 10.2. The molecule has 0 spiro atoms. The Hall–Kier alpha value is -3.21. The largest absolute Gasteiger partial charge is 0.454 e. The lowest BCUT2D eigenvalue weighted by Crippen LogP contribution is -2.13. The summed E-state index contributed by atoms with van der Waals surface area (Å²) in [6, 6.07) is 16.4. The number of fused-ring (bicyclic) bond motifs is 1. The highest BCUT2D eigenvalue weighted by molar-refractivity contribution is 5.87. The number of aromatic nitrogens is 2. The second-order valence-corrected chi connectivity index (χ2v) is 4.88. The maximum atomic E-state index is 11.9. The van der Waals surface area contributed by atoms with E-state index in [-0.39, 0.29) is 12.2 Å². The maximum absolute atomic E-state index is 11.9. The first-order valence-corrected chi connectivity index (χ1v) is 7.10. The van der Waals surface area contributed by atoms with Crippen LogP contribution >= 0.6 is 0 Å². The van der Waals surface area contributed by atoms with E-state index in [2.05, 4.69) is 9.97 Å². The van der Waals surface area contributed by atoms with Crippen LogP contribution in [0.3, 0.4) is 0 Å². The van der Waals surface area contributed by atoms with Crippen LogP contribution in [-0.2, 0) is 16.1 Å². The number of ether oxygens (including phenoxy) is 1. The summed E-state index contributed by atoms with van der Waals surface area (Å²) in [5.74, 6) is -0.181. The Bertz CT molecular complexity index is 914. The first-order chi connectivity index (χ1) is 11.2. The van der Waals surface area contributed by atoms with Crippen LogP contribution in [0.2, 0.25) is 0 Å². The van der Waals surface area contributed by atoms with E-state index in [1.807, 2.05) is 30.3 Å². The zero-order valence-corrected chi connectivity index (χ0v) is 12.2. The van der Waals surface area contributed by atoms with Gasteiger partial charge in [-0.15, -0.1) is 0 Å². The van der Waals surface area contributed by atoms with Crippen LogP contribution < -0.4 is 5.56 Å². The molecule has 0 unspecified atom stereocenters. The van der Waals surface area contributed by atoms with Crippen molar-refractivity contribution in [1.29, 1.82) is 0 Å². The molecular weight excluding hydrogens is 292 g/mol. The second kappa shape index (κ2) is 6.70. The molecule has 1 aromatic heterocycles. The van der Waals surface area contributed by atoms with Crippen molar-refractivity contribution in [3.8, 4) is 0 Å². The van der Waals surface area contributed by atoms with Gasteiger partial charge in [0.05, 0.1) is 10.9 Å². The zero-order valence-electron chi connectivity index (χ0n) is 12.2. The number of nitrogens with zero attached hydrogens (tertiary/aromatic N) is 1. The number of para-hydroxylation sites is 1. The number of hydrogen-bond acceptors (Lipinski definition) is 4. The van der Waals surface area contributed by atoms with Gasteiger partial charge in [0.2, 0.25) is 0 Å². The zero-order chi connectivity index (χ0) is 16.1. The van der Waals surface area contributed by atoms with Gasteiger partial charge in [-0.05, 0) is 23.8 Å². The van der Waals surface area contributed by atoms with Crippen LogP contribution in [0, 0.1) is 0 Å². The van der Waals surface area contributed by atoms with Crippen LogP contribution in [0.5, 0.6) is 0 Å². The van der Waals surface area contributed by atoms with E-state index in [0.29, 0.717) is 16.7 Å². The van der Waals surface area contributed by atoms with Gasteiger partial charge in [-0.25, -0.2) is 9.78 Å². The molecule has 0 aliphatic rings. The molecule has 0 radical (unpaired) electrons. The maximum Gasteiger partial charge on any atom is 0.331 e. The summed E-state index contributed by atoms with van der Waals surface area (Å²) in [6.07, 6.45) is 3.01. The van der Waals surface area contributed by atoms with E-state index in [9.17, 15) is 9.59 Å². The minimum Gasteiger partial charge on any atom is -0.454 e. The van der Waals surface area contributed by atoms with E-state index in [4.69, 9.17) is 4.74 Å². The number of benzene rings is 2. The Morgan fingerprint density at radius 3 is 2.65 bits per heavy atom. The summed E-state index contributed by atoms with van der Waals surface area (Å²) in [4.78, 5) is 30.5. The summed E-state index contributed by atoms with van der Waals surface area (Å²) in [7, 11) is 0. The molecule has 1 heterocycles. The summed E-state index contributed by atoms with van der Waals surface area (Å²) >= 11 is 0. The quantitative estimate of drug-likeness (QED) is 0.594. The molecule has 0 atom stereocenters. The van der Waals surface area contributed by atoms with Gasteiger partial charge in [0, 0.05) is 6.08 Å². The van der Waals surface area contributed by atoms with E-state index < -0.39 is 5.97 Å². The molecule has 3 aromatic rings. The molecule has 0 aliphatic heterocycles. The highest BCUT2D eigenvalue weighted by atomic mass is 16.5. The van der Waals surface area contributed by atoms with Gasteiger partial charge in [-0.2, -0.15) is 0 Å². The average molecular weight is 306 g/mol. The minimum absolute atomic E-state index is 0.0853. The van der Waals surface area contributed by atoms with Crippen molar-refractivity contribution in [2.45, 2.75) is 6.61 Å². The van der Waals surface area contributed by atoms with Crippen molar-refractivity contribution in [1.82, 2.24) is 9.97 Å². The highest BCUT2D eigenvalue weighted by Gasteiger charge is 2.05. The molecule has 23 heavy (non-hydrogen) atoms. The number of nitrogens with one attached hydrogen (secondary N) is 1. The number of hydrogen-bond donors (Lipinski definition) is 1. The predicted octanol–water partition coefficient (Wildman–Crippen LogP) is 2.68. The first kappa shape index (κ1) is 14.7. The molecule has 0 amide bonds. The molecule has 1 N–H and O–H groups in total. The molecule has 0 fully saturated rings. The number of aromatic amines is 1. The number of rotatable bonds is 4. The smallest absolute Gasteiger partial charge is 0.331 e. The Labute approximate surface area is 132 Å². The summed E-state index contributed by atoms with van der Waals surface area (Å²) < 4.78 is 5.10. The summed E-state index contributed by atoms with van der Waals surface area (Å²) in [5, 5.41) is 0.506. The topological polar surface area (TPSA) is 72.0 Å². The van der Waals surface area contributed by atoms with Crippen molar-refractivity contribution < 1.29 is 9.53 Å². The third-order valence-electron chi connectivity index (χ3n) is 3.22. The first-order valence-electron chi connectivity index (χ1n) is 7.10. The second-order valence-electron chi connectivity index (χ2n) is 4.88. The Morgan fingerprint density at radius 1 is 1.09 bits per heavy atom. The standard InChI is InChI=1S/C18H14N2O3/c21-17(11-10-13-6-2-1-3-7-13)23-12-16-19-15-9-5-4-8-14(15)18(22)20-16/h1-11H,12H2,(H,19,20,22)/b11-10+. The molecule has 114 valence electrons. The van der Waals surface area contributed by atoms with Gasteiger partial charge in [-0.3, -0.25) is 4.79 Å². The SMILES string of the molecule is O=C(/C=C/c1ccccc1)OCc1nc2ccccc2c(=O)[nH]1. The number of esters is 1. The number of carbonyl (C=O) groups is 1.